The number of hydrogen-bond acceptors (Lipinski definition) is 3. The third-order valence-electron chi connectivity index (χ3n) is 4.69. The molecule has 2 aliphatic rings. The van der Waals surface area contributed by atoms with E-state index in [4.69, 9.17) is 5.73 Å². The standard InChI is InChI=1S/C15H30N2S/c1-10-5-11(2)14(15(16)6-10)9-17-7-12(3)18-13(4)8-17/h10-15H,5-9,16H2,1-4H3. The van der Waals surface area contributed by atoms with Crippen LogP contribution in [0.2, 0.25) is 0 Å². The molecule has 6 unspecified atom stereocenters. The molecule has 0 aromatic heterocycles. The smallest absolute Gasteiger partial charge is 0.0149 e. The lowest BCUT2D eigenvalue weighted by Crippen LogP contribution is -2.50. The van der Waals surface area contributed by atoms with Gasteiger partial charge < -0.3 is 10.6 Å². The van der Waals surface area contributed by atoms with Crippen molar-refractivity contribution in [3.63, 3.8) is 0 Å². The van der Waals surface area contributed by atoms with E-state index in [1.807, 2.05) is 0 Å². The van der Waals surface area contributed by atoms with E-state index < -0.39 is 0 Å². The molecule has 2 rings (SSSR count). The van der Waals surface area contributed by atoms with Crippen molar-refractivity contribution in [1.82, 2.24) is 4.90 Å². The molecule has 1 saturated heterocycles. The van der Waals surface area contributed by atoms with Crippen LogP contribution in [0.5, 0.6) is 0 Å². The Morgan fingerprint density at radius 2 is 1.67 bits per heavy atom. The van der Waals surface area contributed by atoms with E-state index in [1.54, 1.807) is 0 Å². The molecule has 1 saturated carbocycles. The first-order valence-electron chi connectivity index (χ1n) is 7.59. The second-order valence-corrected chi connectivity index (χ2v) is 8.74. The molecule has 2 nitrogen and oxygen atoms in total. The molecule has 18 heavy (non-hydrogen) atoms. The summed E-state index contributed by atoms with van der Waals surface area (Å²) in [6.07, 6.45) is 2.59. The molecular formula is C15H30N2S. The summed E-state index contributed by atoms with van der Waals surface area (Å²) in [6.45, 7) is 13.2. The van der Waals surface area contributed by atoms with E-state index in [9.17, 15) is 0 Å². The van der Waals surface area contributed by atoms with Gasteiger partial charge >= 0.3 is 0 Å². The highest BCUT2D eigenvalue weighted by Gasteiger charge is 2.34. The van der Waals surface area contributed by atoms with Gasteiger partial charge in [0.25, 0.3) is 0 Å². The average molecular weight is 270 g/mol. The van der Waals surface area contributed by atoms with Crippen LogP contribution in [0.15, 0.2) is 0 Å². The first kappa shape index (κ1) is 14.7. The quantitative estimate of drug-likeness (QED) is 0.836. The van der Waals surface area contributed by atoms with E-state index in [-0.39, 0.29) is 0 Å². The number of nitrogens with two attached hydrogens (primary N) is 1. The highest BCUT2D eigenvalue weighted by Crippen LogP contribution is 2.34. The Morgan fingerprint density at radius 3 is 2.22 bits per heavy atom. The Kier molecular flexibility index (Phi) is 5.01. The maximum atomic E-state index is 6.41. The van der Waals surface area contributed by atoms with Crippen molar-refractivity contribution >= 4 is 11.8 Å². The molecule has 0 bridgehead atoms. The van der Waals surface area contributed by atoms with E-state index in [0.717, 1.165) is 22.3 Å². The summed E-state index contributed by atoms with van der Waals surface area (Å²) in [5.74, 6) is 2.33. The molecule has 0 amide bonds. The summed E-state index contributed by atoms with van der Waals surface area (Å²) in [7, 11) is 0. The van der Waals surface area contributed by atoms with Crippen molar-refractivity contribution in [3.05, 3.63) is 0 Å². The molecule has 6 atom stereocenters. The third-order valence-corrected chi connectivity index (χ3v) is 5.92. The Balaban J connectivity index is 1.91. The molecule has 106 valence electrons. The zero-order chi connectivity index (χ0) is 13.3. The van der Waals surface area contributed by atoms with Gasteiger partial charge in [0.1, 0.15) is 0 Å². The van der Waals surface area contributed by atoms with Gasteiger partial charge in [0, 0.05) is 36.2 Å². The Hall–Kier alpha value is 0.270. The first-order chi connectivity index (χ1) is 8.45. The predicted molar refractivity (Wildman–Crippen MR) is 82.0 cm³/mol. The second kappa shape index (κ2) is 6.15. The van der Waals surface area contributed by atoms with Gasteiger partial charge in [-0.2, -0.15) is 11.8 Å². The van der Waals surface area contributed by atoms with Crippen molar-refractivity contribution in [1.29, 1.82) is 0 Å². The van der Waals surface area contributed by atoms with Gasteiger partial charge in [-0.1, -0.05) is 27.7 Å². The van der Waals surface area contributed by atoms with Crippen LogP contribution in [0.3, 0.4) is 0 Å². The zero-order valence-electron chi connectivity index (χ0n) is 12.4. The molecule has 3 heteroatoms. The monoisotopic (exact) mass is 270 g/mol. The molecule has 1 heterocycles. The van der Waals surface area contributed by atoms with Gasteiger partial charge in [-0.3, -0.25) is 0 Å². The predicted octanol–water partition coefficient (Wildman–Crippen LogP) is 2.82. The van der Waals surface area contributed by atoms with E-state index in [2.05, 4.69) is 44.4 Å². The van der Waals surface area contributed by atoms with Crippen LogP contribution in [-0.2, 0) is 0 Å². The fourth-order valence-corrected chi connectivity index (χ4v) is 5.40. The maximum absolute atomic E-state index is 6.41. The second-order valence-electron chi connectivity index (χ2n) is 6.86. The highest BCUT2D eigenvalue weighted by atomic mass is 32.2. The summed E-state index contributed by atoms with van der Waals surface area (Å²) in [5, 5.41) is 1.56. The summed E-state index contributed by atoms with van der Waals surface area (Å²) < 4.78 is 0. The van der Waals surface area contributed by atoms with Crippen LogP contribution in [0.1, 0.15) is 40.5 Å². The van der Waals surface area contributed by atoms with Crippen LogP contribution in [0, 0.1) is 17.8 Å². The normalized spacial score (nSPS) is 47.2. The van der Waals surface area contributed by atoms with Crippen LogP contribution in [0.25, 0.3) is 0 Å². The minimum absolute atomic E-state index is 0.420. The lowest BCUT2D eigenvalue weighted by molar-refractivity contribution is 0.117. The van der Waals surface area contributed by atoms with Gasteiger partial charge in [0.2, 0.25) is 0 Å². The number of rotatable bonds is 2. The minimum Gasteiger partial charge on any atom is -0.327 e. The molecule has 2 fully saturated rings. The van der Waals surface area contributed by atoms with Crippen molar-refractivity contribution in [2.75, 3.05) is 19.6 Å². The molecule has 0 aromatic carbocycles. The summed E-state index contributed by atoms with van der Waals surface area (Å²) in [4.78, 5) is 2.67. The van der Waals surface area contributed by atoms with Gasteiger partial charge in [-0.25, -0.2) is 0 Å². The van der Waals surface area contributed by atoms with Gasteiger partial charge in [-0.05, 0) is 30.6 Å². The summed E-state index contributed by atoms with van der Waals surface area (Å²) in [5.41, 5.74) is 6.41. The van der Waals surface area contributed by atoms with Gasteiger partial charge in [0.15, 0.2) is 0 Å². The summed E-state index contributed by atoms with van der Waals surface area (Å²) >= 11 is 2.14. The maximum Gasteiger partial charge on any atom is 0.0149 e. The van der Waals surface area contributed by atoms with E-state index in [0.29, 0.717) is 12.0 Å². The van der Waals surface area contributed by atoms with Crippen LogP contribution in [-0.4, -0.2) is 41.1 Å². The first-order valence-corrected chi connectivity index (χ1v) is 8.53. The molecule has 1 aliphatic carbocycles. The molecule has 2 N–H and O–H groups in total. The minimum atomic E-state index is 0.420. The van der Waals surface area contributed by atoms with E-state index in [1.165, 1.54) is 32.5 Å². The lowest BCUT2D eigenvalue weighted by Gasteiger charge is -2.43. The molecular weight excluding hydrogens is 240 g/mol. The van der Waals surface area contributed by atoms with Crippen LogP contribution < -0.4 is 5.73 Å². The van der Waals surface area contributed by atoms with Gasteiger partial charge in [0.05, 0.1) is 0 Å². The Morgan fingerprint density at radius 1 is 1.06 bits per heavy atom. The molecule has 0 radical (unpaired) electrons. The lowest BCUT2D eigenvalue weighted by atomic mass is 9.72. The number of hydrogen-bond donors (Lipinski definition) is 1. The van der Waals surface area contributed by atoms with Crippen molar-refractivity contribution in [2.24, 2.45) is 23.5 Å². The van der Waals surface area contributed by atoms with Gasteiger partial charge in [-0.15, -0.1) is 0 Å². The highest BCUT2D eigenvalue weighted by molar-refractivity contribution is 8.00. The molecule has 1 aliphatic heterocycles. The molecule has 0 aromatic rings. The fraction of sp³-hybridized carbons (Fsp3) is 1.00. The Labute approximate surface area is 117 Å². The number of thioether (sulfide) groups is 1. The number of nitrogens with zero attached hydrogens (tertiary/aromatic N) is 1. The molecule has 0 spiro atoms. The Bertz CT molecular complexity index is 249. The topological polar surface area (TPSA) is 29.3 Å². The fourth-order valence-electron chi connectivity index (χ4n) is 4.01. The SMILES string of the molecule is CC1CC(C)C(CN2CC(C)SC(C)C2)C(N)C1. The largest absolute Gasteiger partial charge is 0.327 e. The average Bonchev–Trinajstić information content (AvgIpc) is 2.22. The van der Waals surface area contributed by atoms with Crippen molar-refractivity contribution < 1.29 is 0 Å². The van der Waals surface area contributed by atoms with Crippen LogP contribution in [0.4, 0.5) is 0 Å². The van der Waals surface area contributed by atoms with E-state index >= 15 is 0 Å². The summed E-state index contributed by atoms with van der Waals surface area (Å²) in [6, 6.07) is 0.420. The van der Waals surface area contributed by atoms with Crippen molar-refractivity contribution in [3.8, 4) is 0 Å². The van der Waals surface area contributed by atoms with Crippen molar-refractivity contribution in [2.45, 2.75) is 57.1 Å². The third kappa shape index (κ3) is 3.64. The zero-order valence-corrected chi connectivity index (χ0v) is 13.2. The van der Waals surface area contributed by atoms with Crippen LogP contribution >= 0.6 is 11.8 Å².